The average Bonchev–Trinajstić information content (AvgIpc) is 3.26. The van der Waals surface area contributed by atoms with Gasteiger partial charge in [-0.05, 0) is 31.9 Å². The molecule has 0 aromatic heterocycles. The number of hydrogen-bond acceptors (Lipinski definition) is 3. The Kier molecular flexibility index (Phi) is 4.21. The Labute approximate surface area is 123 Å². The summed E-state index contributed by atoms with van der Waals surface area (Å²) in [6.07, 6.45) is 2.64. The smallest absolute Gasteiger partial charge is 0.240 e. The molecule has 1 saturated carbocycles. The number of carbonyl (C=O) groups excluding carboxylic acids is 3. The van der Waals surface area contributed by atoms with Gasteiger partial charge in [0.05, 0.1) is 0 Å². The molecule has 1 aliphatic carbocycles. The molecule has 0 aliphatic heterocycles. The summed E-state index contributed by atoms with van der Waals surface area (Å²) in [5.41, 5.74) is 0.0687. The lowest BCUT2D eigenvalue weighted by Gasteiger charge is -2.15. The van der Waals surface area contributed by atoms with Crippen LogP contribution in [0.1, 0.15) is 30.1 Å². The fourth-order valence-corrected chi connectivity index (χ4v) is 2.08. The highest BCUT2D eigenvalue weighted by atomic mass is 16.2. The van der Waals surface area contributed by atoms with E-state index in [1.807, 2.05) is 0 Å². The third-order valence-corrected chi connectivity index (χ3v) is 3.55. The van der Waals surface area contributed by atoms with E-state index in [0.717, 1.165) is 0 Å². The maximum Gasteiger partial charge on any atom is 0.240 e. The first-order chi connectivity index (χ1) is 9.99. The molecule has 0 bridgehead atoms. The number of rotatable bonds is 6. The first kappa shape index (κ1) is 15.0. The number of carbonyl (C=O) groups is 3. The fourth-order valence-electron chi connectivity index (χ4n) is 2.08. The van der Waals surface area contributed by atoms with Crippen LogP contribution in [0, 0.1) is 5.41 Å². The summed E-state index contributed by atoms with van der Waals surface area (Å²) >= 11 is 0. The van der Waals surface area contributed by atoms with E-state index in [-0.39, 0.29) is 17.6 Å². The van der Waals surface area contributed by atoms with Crippen molar-refractivity contribution in [2.45, 2.75) is 19.8 Å². The topological polar surface area (TPSA) is 75.3 Å². The Morgan fingerprint density at radius 1 is 1.29 bits per heavy atom. The van der Waals surface area contributed by atoms with Crippen LogP contribution < -0.4 is 10.6 Å². The standard InChI is InChI=1S/C16H18N2O3/c1-3-9-17-14(20)16(7-8-16)15(21)18-13-6-4-5-12(10-13)11(2)19/h3-6,10H,1,7-9H2,2H3,(H,17,20)(H,18,21). The highest BCUT2D eigenvalue weighted by Gasteiger charge is 2.56. The summed E-state index contributed by atoms with van der Waals surface area (Å²) in [6.45, 7) is 5.33. The number of Topliss-reactive ketones (excluding diaryl/α,β-unsaturated/α-hetero) is 1. The van der Waals surface area contributed by atoms with E-state index in [1.165, 1.54) is 6.92 Å². The molecule has 2 N–H and O–H groups in total. The third-order valence-electron chi connectivity index (χ3n) is 3.55. The van der Waals surface area contributed by atoms with Gasteiger partial charge in [-0.2, -0.15) is 0 Å². The fraction of sp³-hybridized carbons (Fsp3) is 0.312. The average molecular weight is 286 g/mol. The van der Waals surface area contributed by atoms with Crippen molar-refractivity contribution in [2.75, 3.05) is 11.9 Å². The summed E-state index contributed by atoms with van der Waals surface area (Å²) in [7, 11) is 0. The number of amides is 2. The molecule has 1 aliphatic rings. The number of anilines is 1. The maximum atomic E-state index is 12.3. The Hall–Kier alpha value is -2.43. The van der Waals surface area contributed by atoms with Gasteiger partial charge < -0.3 is 10.6 Å². The van der Waals surface area contributed by atoms with Gasteiger partial charge >= 0.3 is 0 Å². The van der Waals surface area contributed by atoms with Gasteiger partial charge in [0, 0.05) is 17.8 Å². The Balaban J connectivity index is 2.07. The first-order valence-electron chi connectivity index (χ1n) is 6.81. The maximum absolute atomic E-state index is 12.3. The Morgan fingerprint density at radius 2 is 2.00 bits per heavy atom. The first-order valence-corrected chi connectivity index (χ1v) is 6.81. The molecule has 1 fully saturated rings. The summed E-state index contributed by atoms with van der Waals surface area (Å²) < 4.78 is 0. The molecule has 2 amide bonds. The van der Waals surface area contributed by atoms with E-state index < -0.39 is 5.41 Å². The SMILES string of the molecule is C=CCNC(=O)C1(C(=O)Nc2cccc(C(C)=O)c2)CC1. The number of hydrogen-bond donors (Lipinski definition) is 2. The van der Waals surface area contributed by atoms with Crippen LogP contribution >= 0.6 is 0 Å². The Morgan fingerprint density at radius 3 is 2.57 bits per heavy atom. The van der Waals surface area contributed by atoms with Crippen molar-refractivity contribution in [3.8, 4) is 0 Å². The summed E-state index contributed by atoms with van der Waals surface area (Å²) in [5, 5.41) is 5.38. The molecule has 0 atom stereocenters. The van der Waals surface area contributed by atoms with Crippen LogP contribution in [0.2, 0.25) is 0 Å². The van der Waals surface area contributed by atoms with E-state index in [1.54, 1.807) is 30.3 Å². The highest BCUT2D eigenvalue weighted by molar-refractivity contribution is 6.13. The molecule has 0 heterocycles. The molecule has 0 unspecified atom stereocenters. The van der Waals surface area contributed by atoms with E-state index in [0.29, 0.717) is 30.6 Å². The number of benzene rings is 1. The largest absolute Gasteiger partial charge is 0.352 e. The van der Waals surface area contributed by atoms with Crippen molar-refractivity contribution in [1.29, 1.82) is 0 Å². The second-order valence-corrected chi connectivity index (χ2v) is 5.17. The molecule has 0 saturated heterocycles. The van der Waals surface area contributed by atoms with Gasteiger partial charge in [0.2, 0.25) is 11.8 Å². The lowest BCUT2D eigenvalue weighted by atomic mass is 10.0. The molecule has 0 radical (unpaired) electrons. The van der Waals surface area contributed by atoms with Crippen LogP contribution in [0.4, 0.5) is 5.69 Å². The second kappa shape index (κ2) is 5.91. The third kappa shape index (κ3) is 3.18. The van der Waals surface area contributed by atoms with Crippen molar-refractivity contribution >= 4 is 23.3 Å². The van der Waals surface area contributed by atoms with Gasteiger partial charge in [-0.1, -0.05) is 18.2 Å². The van der Waals surface area contributed by atoms with Gasteiger partial charge in [0.15, 0.2) is 5.78 Å². The lowest BCUT2D eigenvalue weighted by molar-refractivity contribution is -0.134. The van der Waals surface area contributed by atoms with Gasteiger partial charge in [-0.25, -0.2) is 0 Å². The van der Waals surface area contributed by atoms with Gasteiger partial charge in [0.1, 0.15) is 5.41 Å². The quantitative estimate of drug-likeness (QED) is 0.476. The zero-order valence-electron chi connectivity index (χ0n) is 11.9. The minimum absolute atomic E-state index is 0.0732. The minimum Gasteiger partial charge on any atom is -0.352 e. The molecule has 2 rings (SSSR count). The second-order valence-electron chi connectivity index (χ2n) is 5.17. The van der Waals surface area contributed by atoms with E-state index in [2.05, 4.69) is 17.2 Å². The van der Waals surface area contributed by atoms with E-state index in [9.17, 15) is 14.4 Å². The van der Waals surface area contributed by atoms with Crippen LogP contribution in [0.25, 0.3) is 0 Å². The zero-order chi connectivity index (χ0) is 15.5. The molecule has 5 nitrogen and oxygen atoms in total. The molecular weight excluding hydrogens is 268 g/mol. The van der Waals surface area contributed by atoms with Crippen molar-refractivity contribution in [2.24, 2.45) is 5.41 Å². The molecule has 1 aromatic rings. The monoisotopic (exact) mass is 286 g/mol. The molecule has 0 spiro atoms. The highest BCUT2D eigenvalue weighted by Crippen LogP contribution is 2.46. The van der Waals surface area contributed by atoms with Crippen LogP contribution in [0.3, 0.4) is 0 Å². The molecule has 5 heteroatoms. The van der Waals surface area contributed by atoms with Crippen LogP contribution in [0.5, 0.6) is 0 Å². The normalized spacial score (nSPS) is 14.9. The van der Waals surface area contributed by atoms with Gasteiger partial charge in [-0.3, -0.25) is 14.4 Å². The van der Waals surface area contributed by atoms with Crippen LogP contribution in [0.15, 0.2) is 36.9 Å². The molecule has 110 valence electrons. The van der Waals surface area contributed by atoms with Crippen molar-refractivity contribution < 1.29 is 14.4 Å². The number of ketones is 1. The van der Waals surface area contributed by atoms with Gasteiger partial charge in [-0.15, -0.1) is 6.58 Å². The molecular formula is C16H18N2O3. The summed E-state index contributed by atoms with van der Waals surface area (Å²) in [4.78, 5) is 35.7. The summed E-state index contributed by atoms with van der Waals surface area (Å²) in [5.74, 6) is -0.677. The predicted molar refractivity (Wildman–Crippen MR) is 79.9 cm³/mol. The van der Waals surface area contributed by atoms with Crippen LogP contribution in [-0.4, -0.2) is 24.1 Å². The van der Waals surface area contributed by atoms with Crippen molar-refractivity contribution in [3.63, 3.8) is 0 Å². The number of nitrogens with one attached hydrogen (secondary N) is 2. The molecule has 21 heavy (non-hydrogen) atoms. The zero-order valence-corrected chi connectivity index (χ0v) is 11.9. The lowest BCUT2D eigenvalue weighted by Crippen LogP contribution is -2.40. The van der Waals surface area contributed by atoms with Crippen LogP contribution in [-0.2, 0) is 9.59 Å². The van der Waals surface area contributed by atoms with Crippen molar-refractivity contribution in [3.05, 3.63) is 42.5 Å². The predicted octanol–water partition coefficient (Wildman–Crippen LogP) is 1.91. The summed E-state index contributed by atoms with van der Waals surface area (Å²) in [6, 6.07) is 6.69. The van der Waals surface area contributed by atoms with E-state index >= 15 is 0 Å². The van der Waals surface area contributed by atoms with E-state index in [4.69, 9.17) is 0 Å². The Bertz CT molecular complexity index is 603. The molecule has 1 aromatic carbocycles. The van der Waals surface area contributed by atoms with Crippen molar-refractivity contribution in [1.82, 2.24) is 5.32 Å². The van der Waals surface area contributed by atoms with Gasteiger partial charge in [0.25, 0.3) is 0 Å². The minimum atomic E-state index is -0.977.